The molecule has 0 aromatic heterocycles. The monoisotopic (exact) mass is 278 g/mol. The smallest absolute Gasteiger partial charge is 0.119 e. The van der Waals surface area contributed by atoms with Crippen LogP contribution in [0.2, 0.25) is 0 Å². The summed E-state index contributed by atoms with van der Waals surface area (Å²) in [5.41, 5.74) is 0.915. The molecule has 0 saturated carbocycles. The minimum atomic E-state index is -0.429. The van der Waals surface area contributed by atoms with Gasteiger partial charge >= 0.3 is 0 Å². The van der Waals surface area contributed by atoms with Crippen LogP contribution < -0.4 is 4.74 Å². The Labute approximate surface area is 124 Å². The van der Waals surface area contributed by atoms with Crippen molar-refractivity contribution in [1.82, 2.24) is 0 Å². The quantitative estimate of drug-likeness (QED) is 0.559. The van der Waals surface area contributed by atoms with Gasteiger partial charge in [-0.15, -0.1) is 0 Å². The van der Waals surface area contributed by atoms with Crippen molar-refractivity contribution in [3.8, 4) is 5.75 Å². The molecule has 1 rings (SSSR count). The van der Waals surface area contributed by atoms with E-state index in [1.807, 2.05) is 24.3 Å². The van der Waals surface area contributed by atoms with Crippen LogP contribution in [-0.2, 0) is 0 Å². The Kier molecular flexibility index (Phi) is 9.14. The van der Waals surface area contributed by atoms with E-state index >= 15 is 0 Å². The lowest BCUT2D eigenvalue weighted by atomic mass is 10.1. The zero-order chi connectivity index (χ0) is 14.6. The van der Waals surface area contributed by atoms with Crippen molar-refractivity contribution in [1.29, 1.82) is 0 Å². The van der Waals surface area contributed by atoms with Crippen LogP contribution in [0.4, 0.5) is 0 Å². The molecular weight excluding hydrogens is 248 g/mol. The van der Waals surface area contributed by atoms with Crippen molar-refractivity contribution < 1.29 is 9.84 Å². The van der Waals surface area contributed by atoms with Crippen LogP contribution in [0.1, 0.15) is 76.9 Å². The van der Waals surface area contributed by atoms with Crippen LogP contribution in [-0.4, -0.2) is 11.7 Å². The molecule has 2 nitrogen and oxygen atoms in total. The van der Waals surface area contributed by atoms with Crippen LogP contribution in [0.5, 0.6) is 5.75 Å². The van der Waals surface area contributed by atoms with E-state index in [4.69, 9.17) is 4.74 Å². The summed E-state index contributed by atoms with van der Waals surface area (Å²) in [5, 5.41) is 9.52. The van der Waals surface area contributed by atoms with Gasteiger partial charge in [-0.2, -0.15) is 0 Å². The standard InChI is InChI=1S/C18H30O2/c1-3-4-5-6-7-8-9-10-14-20-18-13-11-12-17(15-18)16(2)19/h11-13,15-16,19H,3-10,14H2,1-2H3/t16-/m1/s1. The fourth-order valence-electron chi connectivity index (χ4n) is 2.29. The molecule has 0 aliphatic heterocycles. The Morgan fingerprint density at radius 2 is 1.65 bits per heavy atom. The average molecular weight is 278 g/mol. The largest absolute Gasteiger partial charge is 0.494 e. The topological polar surface area (TPSA) is 29.5 Å². The molecule has 0 unspecified atom stereocenters. The van der Waals surface area contributed by atoms with Gasteiger partial charge in [0.15, 0.2) is 0 Å². The Bertz CT molecular complexity index is 347. The first-order valence-electron chi connectivity index (χ1n) is 8.15. The minimum Gasteiger partial charge on any atom is -0.494 e. The highest BCUT2D eigenvalue weighted by atomic mass is 16.5. The maximum absolute atomic E-state index is 9.52. The van der Waals surface area contributed by atoms with Crippen LogP contribution in [0.15, 0.2) is 24.3 Å². The van der Waals surface area contributed by atoms with Gasteiger partial charge in [0.05, 0.1) is 12.7 Å². The molecule has 20 heavy (non-hydrogen) atoms. The summed E-state index contributed by atoms with van der Waals surface area (Å²) in [4.78, 5) is 0. The zero-order valence-corrected chi connectivity index (χ0v) is 13.1. The van der Waals surface area contributed by atoms with Crippen LogP contribution in [0, 0.1) is 0 Å². The second kappa shape index (κ2) is 10.7. The Balaban J connectivity index is 2.05. The SMILES string of the molecule is CCCCCCCCCCOc1cccc([C@@H](C)O)c1. The van der Waals surface area contributed by atoms with Gasteiger partial charge in [-0.3, -0.25) is 0 Å². The summed E-state index contributed by atoms with van der Waals surface area (Å²) < 4.78 is 5.73. The van der Waals surface area contributed by atoms with E-state index in [0.717, 1.165) is 24.3 Å². The van der Waals surface area contributed by atoms with Gasteiger partial charge in [0.2, 0.25) is 0 Å². The number of aliphatic hydroxyl groups excluding tert-OH is 1. The molecular formula is C18H30O2. The van der Waals surface area contributed by atoms with E-state index in [0.29, 0.717) is 0 Å². The van der Waals surface area contributed by atoms with Crippen molar-refractivity contribution in [2.24, 2.45) is 0 Å². The molecule has 1 aromatic carbocycles. The predicted molar refractivity (Wildman–Crippen MR) is 85.2 cm³/mol. The number of ether oxygens (including phenoxy) is 1. The summed E-state index contributed by atoms with van der Waals surface area (Å²) in [6.45, 7) is 4.81. The van der Waals surface area contributed by atoms with Gasteiger partial charge in [0, 0.05) is 0 Å². The lowest BCUT2D eigenvalue weighted by molar-refractivity contribution is 0.198. The molecule has 1 N–H and O–H groups in total. The Hall–Kier alpha value is -1.02. The van der Waals surface area contributed by atoms with E-state index in [-0.39, 0.29) is 0 Å². The Morgan fingerprint density at radius 3 is 2.30 bits per heavy atom. The van der Waals surface area contributed by atoms with Gasteiger partial charge < -0.3 is 9.84 Å². The second-order valence-corrected chi connectivity index (χ2v) is 5.57. The highest BCUT2D eigenvalue weighted by Gasteiger charge is 2.02. The third kappa shape index (κ3) is 7.54. The maximum atomic E-state index is 9.52. The van der Waals surface area contributed by atoms with Crippen molar-refractivity contribution in [2.45, 2.75) is 71.3 Å². The van der Waals surface area contributed by atoms with E-state index < -0.39 is 6.10 Å². The molecule has 0 bridgehead atoms. The van der Waals surface area contributed by atoms with Gasteiger partial charge in [-0.05, 0) is 31.0 Å². The fraction of sp³-hybridized carbons (Fsp3) is 0.667. The van der Waals surface area contributed by atoms with E-state index in [9.17, 15) is 5.11 Å². The zero-order valence-electron chi connectivity index (χ0n) is 13.1. The third-order valence-corrected chi connectivity index (χ3v) is 3.61. The molecule has 0 fully saturated rings. The van der Waals surface area contributed by atoms with Crippen LogP contribution in [0.25, 0.3) is 0 Å². The van der Waals surface area contributed by atoms with Gasteiger partial charge in [0.1, 0.15) is 5.75 Å². The fourth-order valence-corrected chi connectivity index (χ4v) is 2.29. The minimum absolute atomic E-state index is 0.429. The molecule has 114 valence electrons. The highest BCUT2D eigenvalue weighted by molar-refractivity contribution is 5.29. The summed E-state index contributed by atoms with van der Waals surface area (Å²) in [6.07, 6.45) is 10.1. The van der Waals surface area contributed by atoms with Crippen molar-refractivity contribution in [3.05, 3.63) is 29.8 Å². The van der Waals surface area contributed by atoms with Crippen LogP contribution >= 0.6 is 0 Å². The molecule has 0 heterocycles. The maximum Gasteiger partial charge on any atom is 0.119 e. The first-order valence-corrected chi connectivity index (χ1v) is 8.15. The first-order chi connectivity index (χ1) is 9.74. The summed E-state index contributed by atoms with van der Waals surface area (Å²) >= 11 is 0. The van der Waals surface area contributed by atoms with Crippen molar-refractivity contribution >= 4 is 0 Å². The number of aliphatic hydroxyl groups is 1. The number of benzene rings is 1. The summed E-state index contributed by atoms with van der Waals surface area (Å²) in [5.74, 6) is 0.867. The van der Waals surface area contributed by atoms with Gasteiger partial charge in [-0.1, -0.05) is 64.0 Å². The van der Waals surface area contributed by atoms with E-state index in [1.165, 1.54) is 44.9 Å². The molecule has 1 aromatic rings. The third-order valence-electron chi connectivity index (χ3n) is 3.61. The highest BCUT2D eigenvalue weighted by Crippen LogP contribution is 2.19. The number of rotatable bonds is 11. The van der Waals surface area contributed by atoms with E-state index in [2.05, 4.69) is 6.92 Å². The first kappa shape index (κ1) is 17.0. The number of hydrogen-bond acceptors (Lipinski definition) is 2. The van der Waals surface area contributed by atoms with Crippen molar-refractivity contribution in [3.63, 3.8) is 0 Å². The molecule has 0 spiro atoms. The molecule has 0 saturated heterocycles. The van der Waals surface area contributed by atoms with E-state index in [1.54, 1.807) is 6.92 Å². The molecule has 2 heteroatoms. The summed E-state index contributed by atoms with van der Waals surface area (Å²) in [6, 6.07) is 7.74. The second-order valence-electron chi connectivity index (χ2n) is 5.57. The Morgan fingerprint density at radius 1 is 1.00 bits per heavy atom. The lowest BCUT2D eigenvalue weighted by Gasteiger charge is -2.09. The average Bonchev–Trinajstić information content (AvgIpc) is 2.46. The normalized spacial score (nSPS) is 12.3. The number of unbranched alkanes of at least 4 members (excludes halogenated alkanes) is 7. The van der Waals surface area contributed by atoms with Crippen LogP contribution in [0.3, 0.4) is 0 Å². The molecule has 1 atom stereocenters. The summed E-state index contributed by atoms with van der Waals surface area (Å²) in [7, 11) is 0. The lowest BCUT2D eigenvalue weighted by Crippen LogP contribution is -1.98. The molecule has 0 aliphatic rings. The van der Waals surface area contributed by atoms with Gasteiger partial charge in [0.25, 0.3) is 0 Å². The number of hydrogen-bond donors (Lipinski definition) is 1. The van der Waals surface area contributed by atoms with Crippen molar-refractivity contribution in [2.75, 3.05) is 6.61 Å². The molecule has 0 aliphatic carbocycles. The molecule has 0 amide bonds. The van der Waals surface area contributed by atoms with Gasteiger partial charge in [-0.25, -0.2) is 0 Å². The predicted octanol–water partition coefficient (Wildman–Crippen LogP) is 5.26. The molecule has 0 radical (unpaired) electrons.